The Bertz CT molecular complexity index is 492. The zero-order valence-corrected chi connectivity index (χ0v) is 13.0. The molecule has 2 aliphatic rings. The quantitative estimate of drug-likeness (QED) is 0.930. The average molecular weight is 290 g/mol. The van der Waals surface area contributed by atoms with Crippen LogP contribution >= 0.6 is 0 Å². The van der Waals surface area contributed by atoms with Gasteiger partial charge in [-0.2, -0.15) is 0 Å². The molecule has 0 spiro atoms. The second-order valence-corrected chi connectivity index (χ2v) is 6.20. The van der Waals surface area contributed by atoms with Crippen LogP contribution in [-0.4, -0.2) is 36.7 Å². The van der Waals surface area contributed by atoms with E-state index in [4.69, 9.17) is 15.2 Å². The molecule has 0 aliphatic carbocycles. The third kappa shape index (κ3) is 2.87. The summed E-state index contributed by atoms with van der Waals surface area (Å²) >= 11 is 0. The lowest BCUT2D eigenvalue weighted by atomic mass is 9.92. The summed E-state index contributed by atoms with van der Waals surface area (Å²) in [6.07, 6.45) is 3.74. The smallest absolute Gasteiger partial charge is 0.161 e. The fourth-order valence-electron chi connectivity index (χ4n) is 3.74. The van der Waals surface area contributed by atoms with Crippen molar-refractivity contribution in [3.05, 3.63) is 23.8 Å². The number of rotatable bonds is 3. The molecule has 1 aromatic carbocycles. The van der Waals surface area contributed by atoms with E-state index in [1.54, 1.807) is 0 Å². The van der Waals surface area contributed by atoms with Crippen molar-refractivity contribution >= 4 is 0 Å². The van der Waals surface area contributed by atoms with Gasteiger partial charge in [-0.05, 0) is 44.4 Å². The Morgan fingerprint density at radius 3 is 2.76 bits per heavy atom. The zero-order chi connectivity index (χ0) is 14.8. The highest BCUT2D eigenvalue weighted by Gasteiger charge is 2.31. The highest BCUT2D eigenvalue weighted by atomic mass is 16.6. The lowest BCUT2D eigenvalue weighted by Crippen LogP contribution is -2.49. The summed E-state index contributed by atoms with van der Waals surface area (Å²) in [5.41, 5.74) is 7.28. The highest BCUT2D eigenvalue weighted by molar-refractivity contribution is 5.44. The number of ether oxygens (including phenoxy) is 2. The number of benzene rings is 1. The fourth-order valence-corrected chi connectivity index (χ4v) is 3.74. The maximum absolute atomic E-state index is 6.00. The number of nitrogens with zero attached hydrogens (tertiary/aromatic N) is 1. The molecule has 2 N–H and O–H groups in total. The molecule has 21 heavy (non-hydrogen) atoms. The summed E-state index contributed by atoms with van der Waals surface area (Å²) in [6.45, 7) is 6.60. The Morgan fingerprint density at radius 1 is 1.24 bits per heavy atom. The fraction of sp³-hybridized carbons (Fsp3) is 0.647. The minimum atomic E-state index is 0.352. The average Bonchev–Trinajstić information content (AvgIpc) is 2.53. The normalized spacial score (nSPS) is 27.4. The first-order valence-electron chi connectivity index (χ1n) is 8.07. The molecule has 2 aliphatic heterocycles. The molecule has 0 radical (unpaired) electrons. The Morgan fingerprint density at radius 2 is 2.00 bits per heavy atom. The number of piperidine rings is 1. The van der Waals surface area contributed by atoms with E-state index < -0.39 is 0 Å². The molecule has 0 amide bonds. The van der Waals surface area contributed by atoms with Crippen molar-refractivity contribution < 1.29 is 9.47 Å². The summed E-state index contributed by atoms with van der Waals surface area (Å²) in [6, 6.07) is 7.74. The van der Waals surface area contributed by atoms with Gasteiger partial charge in [-0.15, -0.1) is 0 Å². The second kappa shape index (κ2) is 6.24. The van der Waals surface area contributed by atoms with E-state index in [9.17, 15) is 0 Å². The monoisotopic (exact) mass is 290 g/mol. The first-order valence-corrected chi connectivity index (χ1v) is 8.07. The van der Waals surface area contributed by atoms with Gasteiger partial charge in [-0.1, -0.05) is 12.5 Å². The minimum Gasteiger partial charge on any atom is -0.486 e. The number of likely N-dealkylation sites (tertiary alicyclic amines) is 1. The molecule has 2 heterocycles. The predicted octanol–water partition coefficient (Wildman–Crippen LogP) is 2.72. The van der Waals surface area contributed by atoms with Crippen molar-refractivity contribution in [2.24, 2.45) is 5.73 Å². The van der Waals surface area contributed by atoms with E-state index in [0.717, 1.165) is 18.0 Å². The van der Waals surface area contributed by atoms with Gasteiger partial charge < -0.3 is 15.2 Å². The molecule has 3 atom stereocenters. The maximum Gasteiger partial charge on any atom is 0.161 e. The SMILES string of the molecule is CC1CCCC(CN)N1C(C)c1ccc2c(c1)OCCO2. The molecular formula is C17H26N2O2. The lowest BCUT2D eigenvalue weighted by molar-refractivity contribution is 0.0567. The van der Waals surface area contributed by atoms with E-state index in [1.807, 2.05) is 6.07 Å². The third-order valence-corrected chi connectivity index (χ3v) is 4.86. The van der Waals surface area contributed by atoms with Gasteiger partial charge in [-0.3, -0.25) is 4.90 Å². The van der Waals surface area contributed by atoms with Crippen molar-refractivity contribution in [1.82, 2.24) is 4.90 Å². The van der Waals surface area contributed by atoms with Gasteiger partial charge in [0.25, 0.3) is 0 Å². The molecule has 1 saturated heterocycles. The number of nitrogens with two attached hydrogens (primary N) is 1. The van der Waals surface area contributed by atoms with Crippen LogP contribution in [0.15, 0.2) is 18.2 Å². The molecular weight excluding hydrogens is 264 g/mol. The van der Waals surface area contributed by atoms with Crippen LogP contribution in [0, 0.1) is 0 Å². The van der Waals surface area contributed by atoms with Crippen LogP contribution < -0.4 is 15.2 Å². The number of hydrogen-bond donors (Lipinski definition) is 1. The first-order chi connectivity index (χ1) is 10.2. The van der Waals surface area contributed by atoms with Crippen molar-refractivity contribution in [3.63, 3.8) is 0 Å². The van der Waals surface area contributed by atoms with E-state index in [0.29, 0.717) is 31.3 Å². The molecule has 0 aromatic heterocycles. The largest absolute Gasteiger partial charge is 0.486 e. The molecule has 116 valence electrons. The summed E-state index contributed by atoms with van der Waals surface area (Å²) < 4.78 is 11.3. The summed E-state index contributed by atoms with van der Waals surface area (Å²) in [5.74, 6) is 1.74. The maximum atomic E-state index is 6.00. The molecule has 3 unspecified atom stereocenters. The van der Waals surface area contributed by atoms with Gasteiger partial charge in [0.2, 0.25) is 0 Å². The van der Waals surface area contributed by atoms with Crippen LogP contribution in [0.5, 0.6) is 11.5 Å². The second-order valence-electron chi connectivity index (χ2n) is 6.20. The van der Waals surface area contributed by atoms with Gasteiger partial charge in [0.1, 0.15) is 13.2 Å². The predicted molar refractivity (Wildman–Crippen MR) is 83.8 cm³/mol. The van der Waals surface area contributed by atoms with E-state index in [-0.39, 0.29) is 0 Å². The Labute approximate surface area is 127 Å². The van der Waals surface area contributed by atoms with Crippen LogP contribution in [0.2, 0.25) is 0 Å². The summed E-state index contributed by atoms with van der Waals surface area (Å²) in [4.78, 5) is 2.58. The van der Waals surface area contributed by atoms with Crippen molar-refractivity contribution in [1.29, 1.82) is 0 Å². The lowest BCUT2D eigenvalue weighted by Gasteiger charge is -2.44. The number of fused-ring (bicyclic) bond motifs is 1. The van der Waals surface area contributed by atoms with Crippen LogP contribution in [0.1, 0.15) is 44.7 Å². The van der Waals surface area contributed by atoms with E-state index >= 15 is 0 Å². The summed E-state index contributed by atoms with van der Waals surface area (Å²) in [7, 11) is 0. The van der Waals surface area contributed by atoms with E-state index in [1.165, 1.54) is 24.8 Å². The van der Waals surface area contributed by atoms with Gasteiger partial charge in [0.05, 0.1) is 0 Å². The first kappa shape index (κ1) is 14.7. The van der Waals surface area contributed by atoms with Crippen LogP contribution in [0.25, 0.3) is 0 Å². The molecule has 0 bridgehead atoms. The molecule has 0 saturated carbocycles. The molecule has 4 nitrogen and oxygen atoms in total. The zero-order valence-electron chi connectivity index (χ0n) is 13.0. The van der Waals surface area contributed by atoms with Crippen molar-refractivity contribution in [2.45, 2.75) is 51.2 Å². The standard InChI is InChI=1S/C17H26N2O2/c1-12-4-3-5-15(11-18)19(12)13(2)14-6-7-16-17(10-14)21-9-8-20-16/h6-7,10,12-13,15H,3-5,8-9,11,18H2,1-2H3. The Hall–Kier alpha value is -1.26. The van der Waals surface area contributed by atoms with Crippen LogP contribution in [0.3, 0.4) is 0 Å². The third-order valence-electron chi connectivity index (χ3n) is 4.86. The van der Waals surface area contributed by atoms with Gasteiger partial charge in [0, 0.05) is 24.7 Å². The minimum absolute atomic E-state index is 0.352. The molecule has 3 rings (SSSR count). The molecule has 1 aromatic rings. The molecule has 4 heteroatoms. The Balaban J connectivity index is 1.84. The Kier molecular flexibility index (Phi) is 4.36. The van der Waals surface area contributed by atoms with Gasteiger partial charge in [0.15, 0.2) is 11.5 Å². The number of hydrogen-bond acceptors (Lipinski definition) is 4. The van der Waals surface area contributed by atoms with Gasteiger partial charge in [-0.25, -0.2) is 0 Å². The summed E-state index contributed by atoms with van der Waals surface area (Å²) in [5, 5.41) is 0. The van der Waals surface area contributed by atoms with Gasteiger partial charge >= 0.3 is 0 Å². The molecule has 1 fully saturated rings. The van der Waals surface area contributed by atoms with E-state index in [2.05, 4.69) is 30.9 Å². The van der Waals surface area contributed by atoms with Crippen molar-refractivity contribution in [2.75, 3.05) is 19.8 Å². The topological polar surface area (TPSA) is 47.7 Å². The van der Waals surface area contributed by atoms with Crippen LogP contribution in [0.4, 0.5) is 0 Å². The highest BCUT2D eigenvalue weighted by Crippen LogP contribution is 2.37. The van der Waals surface area contributed by atoms with Crippen molar-refractivity contribution in [3.8, 4) is 11.5 Å². The van der Waals surface area contributed by atoms with Crippen LogP contribution in [-0.2, 0) is 0 Å².